The maximum absolute atomic E-state index is 12.6. The van der Waals surface area contributed by atoms with Crippen LogP contribution >= 0.6 is 11.3 Å². The molecule has 1 aliphatic rings. The van der Waals surface area contributed by atoms with Crippen molar-refractivity contribution in [3.63, 3.8) is 0 Å². The van der Waals surface area contributed by atoms with Crippen LogP contribution in [0.15, 0.2) is 59.7 Å². The molecule has 0 aliphatic carbocycles. The van der Waals surface area contributed by atoms with Crippen LogP contribution in [0.25, 0.3) is 6.08 Å². The summed E-state index contributed by atoms with van der Waals surface area (Å²) in [6.07, 6.45) is 1.83. The highest BCUT2D eigenvalue weighted by molar-refractivity contribution is 7.11. The predicted octanol–water partition coefficient (Wildman–Crippen LogP) is 5.56. The lowest BCUT2D eigenvalue weighted by molar-refractivity contribution is 0.101. The fraction of sp³-hybridized carbons (Fsp3) is 0.136. The minimum absolute atomic E-state index is 0.0782. The monoisotopic (exact) mass is 362 g/mol. The minimum atomic E-state index is -0.0782. The summed E-state index contributed by atoms with van der Waals surface area (Å²) in [6, 6.07) is 15.7. The molecule has 3 nitrogen and oxygen atoms in total. The molecule has 0 N–H and O–H groups in total. The first-order chi connectivity index (χ1) is 12.6. The van der Waals surface area contributed by atoms with Gasteiger partial charge in [-0.3, -0.25) is 4.79 Å². The number of Topliss-reactive ketones (excluding diaryl/α,β-unsaturated/α-hetero) is 1. The Balaban J connectivity index is 1.59. The van der Waals surface area contributed by atoms with E-state index in [0.717, 1.165) is 27.3 Å². The molecule has 0 saturated heterocycles. The van der Waals surface area contributed by atoms with Crippen LogP contribution in [0, 0.1) is 13.8 Å². The number of rotatable bonds is 4. The minimum Gasteiger partial charge on any atom is -0.488 e. The van der Waals surface area contributed by atoms with Crippen molar-refractivity contribution in [3.05, 3.63) is 86.8 Å². The second-order valence-corrected chi connectivity index (χ2v) is 7.19. The third-order valence-corrected chi connectivity index (χ3v) is 5.40. The van der Waals surface area contributed by atoms with E-state index in [1.807, 2.05) is 67.8 Å². The zero-order valence-electron chi connectivity index (χ0n) is 14.6. The van der Waals surface area contributed by atoms with Crippen molar-refractivity contribution in [3.8, 4) is 11.5 Å². The molecule has 0 radical (unpaired) electrons. The number of thiophene rings is 1. The van der Waals surface area contributed by atoms with E-state index >= 15 is 0 Å². The Morgan fingerprint density at radius 3 is 2.62 bits per heavy atom. The summed E-state index contributed by atoms with van der Waals surface area (Å²) < 4.78 is 11.8. The first kappa shape index (κ1) is 16.6. The molecular weight excluding hydrogens is 344 g/mol. The second-order valence-electron chi connectivity index (χ2n) is 6.25. The number of ketones is 1. The van der Waals surface area contributed by atoms with Crippen LogP contribution < -0.4 is 9.47 Å². The number of hydrogen-bond acceptors (Lipinski definition) is 4. The summed E-state index contributed by atoms with van der Waals surface area (Å²) in [5.41, 5.74) is 3.67. The molecular formula is C22H18O3S. The molecule has 130 valence electrons. The lowest BCUT2D eigenvalue weighted by Gasteiger charge is -2.11. The predicted molar refractivity (Wildman–Crippen MR) is 104 cm³/mol. The topological polar surface area (TPSA) is 35.5 Å². The standard InChI is InChI=1S/C22H18O3S/c1-14-10-11-26-20(14)12-19-21(23)17-8-9-18(15(2)22(17)25-19)24-13-16-6-4-3-5-7-16/h3-12H,13H2,1-2H3/b19-12-. The average molecular weight is 362 g/mol. The van der Waals surface area contributed by atoms with Crippen LogP contribution in [0.3, 0.4) is 0 Å². The van der Waals surface area contributed by atoms with E-state index in [-0.39, 0.29) is 5.78 Å². The largest absolute Gasteiger partial charge is 0.488 e. The molecule has 0 fully saturated rings. The fourth-order valence-electron chi connectivity index (χ4n) is 2.91. The van der Waals surface area contributed by atoms with Gasteiger partial charge in [0.15, 0.2) is 5.76 Å². The molecule has 0 atom stereocenters. The number of hydrogen-bond donors (Lipinski definition) is 0. The molecule has 0 bridgehead atoms. The highest BCUT2D eigenvalue weighted by atomic mass is 32.1. The molecule has 1 aliphatic heterocycles. The molecule has 1 aromatic heterocycles. The maximum Gasteiger partial charge on any atom is 0.232 e. The van der Waals surface area contributed by atoms with E-state index in [2.05, 4.69) is 0 Å². The highest BCUT2D eigenvalue weighted by Gasteiger charge is 2.30. The van der Waals surface area contributed by atoms with Crippen molar-refractivity contribution < 1.29 is 14.3 Å². The van der Waals surface area contributed by atoms with Crippen LogP contribution in [0.1, 0.15) is 31.9 Å². The quantitative estimate of drug-likeness (QED) is 0.570. The molecule has 4 heteroatoms. The van der Waals surface area contributed by atoms with E-state index < -0.39 is 0 Å². The second kappa shape index (κ2) is 6.81. The van der Waals surface area contributed by atoms with Gasteiger partial charge in [0.05, 0.1) is 5.56 Å². The Labute approximate surface area is 156 Å². The number of carbonyl (C=O) groups excluding carboxylic acids is 1. The van der Waals surface area contributed by atoms with Crippen molar-refractivity contribution >= 4 is 23.2 Å². The molecule has 0 amide bonds. The summed E-state index contributed by atoms with van der Waals surface area (Å²) in [5, 5.41) is 2.01. The number of ether oxygens (including phenoxy) is 2. The zero-order valence-corrected chi connectivity index (χ0v) is 15.4. The van der Waals surface area contributed by atoms with Crippen molar-refractivity contribution in [2.24, 2.45) is 0 Å². The van der Waals surface area contributed by atoms with Crippen LogP contribution in [0.2, 0.25) is 0 Å². The van der Waals surface area contributed by atoms with Crippen molar-refractivity contribution in [1.82, 2.24) is 0 Å². The Morgan fingerprint density at radius 1 is 1.08 bits per heavy atom. The Morgan fingerprint density at radius 2 is 1.88 bits per heavy atom. The number of benzene rings is 2. The first-order valence-corrected chi connectivity index (χ1v) is 9.30. The summed E-state index contributed by atoms with van der Waals surface area (Å²) in [7, 11) is 0. The maximum atomic E-state index is 12.6. The molecule has 0 spiro atoms. The van der Waals surface area contributed by atoms with Gasteiger partial charge < -0.3 is 9.47 Å². The van der Waals surface area contributed by atoms with E-state index in [4.69, 9.17) is 9.47 Å². The Hall–Kier alpha value is -2.85. The van der Waals surface area contributed by atoms with Crippen molar-refractivity contribution in [2.45, 2.75) is 20.5 Å². The van der Waals surface area contributed by atoms with Crippen LogP contribution in [-0.2, 0) is 6.61 Å². The summed E-state index contributed by atoms with van der Waals surface area (Å²) in [4.78, 5) is 13.7. The van der Waals surface area contributed by atoms with Gasteiger partial charge in [0.1, 0.15) is 18.1 Å². The van der Waals surface area contributed by atoms with Crippen LogP contribution in [0.4, 0.5) is 0 Å². The molecule has 2 aromatic carbocycles. The molecule has 4 rings (SSSR count). The van der Waals surface area contributed by atoms with Gasteiger partial charge in [-0.05, 0) is 48.6 Å². The number of allylic oxidation sites excluding steroid dienone is 1. The van der Waals surface area contributed by atoms with Gasteiger partial charge in [-0.25, -0.2) is 0 Å². The lowest BCUT2D eigenvalue weighted by Crippen LogP contribution is -1.98. The smallest absolute Gasteiger partial charge is 0.232 e. The normalized spacial score (nSPS) is 14.4. The number of fused-ring (bicyclic) bond motifs is 1. The van der Waals surface area contributed by atoms with E-state index in [1.165, 1.54) is 0 Å². The van der Waals surface area contributed by atoms with Crippen molar-refractivity contribution in [2.75, 3.05) is 0 Å². The SMILES string of the molecule is Cc1ccsc1/C=C1\Oc2c(ccc(OCc3ccccc3)c2C)C1=O. The molecule has 0 unspecified atom stereocenters. The van der Waals surface area contributed by atoms with Gasteiger partial charge in [0.2, 0.25) is 5.78 Å². The van der Waals surface area contributed by atoms with Gasteiger partial charge in [0, 0.05) is 16.5 Å². The summed E-state index contributed by atoms with van der Waals surface area (Å²) >= 11 is 1.60. The van der Waals surface area contributed by atoms with Crippen LogP contribution in [-0.4, -0.2) is 5.78 Å². The van der Waals surface area contributed by atoms with Gasteiger partial charge in [-0.2, -0.15) is 0 Å². The van der Waals surface area contributed by atoms with E-state index in [0.29, 0.717) is 23.7 Å². The summed E-state index contributed by atoms with van der Waals surface area (Å²) in [5.74, 6) is 1.62. The van der Waals surface area contributed by atoms with Gasteiger partial charge in [0.25, 0.3) is 0 Å². The van der Waals surface area contributed by atoms with Gasteiger partial charge >= 0.3 is 0 Å². The van der Waals surface area contributed by atoms with E-state index in [1.54, 1.807) is 17.4 Å². The Kier molecular flexibility index (Phi) is 4.35. The lowest BCUT2D eigenvalue weighted by atomic mass is 10.1. The zero-order chi connectivity index (χ0) is 18.1. The third kappa shape index (κ3) is 3.04. The van der Waals surface area contributed by atoms with Gasteiger partial charge in [-0.1, -0.05) is 30.3 Å². The van der Waals surface area contributed by atoms with Gasteiger partial charge in [-0.15, -0.1) is 11.3 Å². The average Bonchev–Trinajstić information content (AvgIpc) is 3.20. The summed E-state index contributed by atoms with van der Waals surface area (Å²) in [6.45, 7) is 4.42. The molecule has 0 saturated carbocycles. The number of aryl methyl sites for hydroxylation is 1. The fourth-order valence-corrected chi connectivity index (χ4v) is 3.76. The first-order valence-electron chi connectivity index (χ1n) is 8.42. The van der Waals surface area contributed by atoms with E-state index in [9.17, 15) is 4.79 Å². The highest BCUT2D eigenvalue weighted by Crippen LogP contribution is 2.39. The molecule has 26 heavy (non-hydrogen) atoms. The Bertz CT molecular complexity index is 999. The third-order valence-electron chi connectivity index (χ3n) is 4.44. The van der Waals surface area contributed by atoms with Crippen molar-refractivity contribution in [1.29, 1.82) is 0 Å². The molecule has 3 aromatic rings. The number of carbonyl (C=O) groups is 1. The molecule has 2 heterocycles. The van der Waals surface area contributed by atoms with Crippen LogP contribution in [0.5, 0.6) is 11.5 Å².